The number of amidine groups is 1. The van der Waals surface area contributed by atoms with Crippen LogP contribution in [0.25, 0.3) is 0 Å². The Morgan fingerprint density at radius 1 is 1.28 bits per heavy atom. The van der Waals surface area contributed by atoms with E-state index in [1.807, 2.05) is 24.4 Å². The van der Waals surface area contributed by atoms with Crippen molar-refractivity contribution >= 4 is 5.84 Å². The van der Waals surface area contributed by atoms with Gasteiger partial charge in [-0.2, -0.15) is 18.7 Å². The summed E-state index contributed by atoms with van der Waals surface area (Å²) in [5.41, 5.74) is 14.4. The summed E-state index contributed by atoms with van der Waals surface area (Å²) in [5.74, 6) is 0.190. The van der Waals surface area contributed by atoms with Crippen LogP contribution in [-0.4, -0.2) is 16.8 Å². The van der Waals surface area contributed by atoms with Crippen molar-refractivity contribution in [1.82, 2.24) is 4.90 Å². The van der Waals surface area contributed by atoms with Crippen LogP contribution in [0.2, 0.25) is 0 Å². The number of nitrogens with one attached hydrogen (secondary N) is 1. The molecule has 1 aliphatic heterocycles. The largest absolute Gasteiger partial charge is 0.416 e. The first kappa shape index (κ1) is 16.9. The Bertz CT molecular complexity index is 787. The van der Waals surface area contributed by atoms with Gasteiger partial charge in [0.15, 0.2) is 5.84 Å². The van der Waals surface area contributed by atoms with Crippen LogP contribution in [0.5, 0.6) is 0 Å². The molecule has 0 saturated carbocycles. The Hall–Kier alpha value is -2.90. The molecule has 0 amide bonds. The minimum Gasteiger partial charge on any atom is -0.382 e. The van der Waals surface area contributed by atoms with E-state index >= 15 is 0 Å². The highest BCUT2D eigenvalue weighted by molar-refractivity contribution is 6.00. The number of rotatable bonds is 4. The highest BCUT2D eigenvalue weighted by Gasteiger charge is 2.30. The normalized spacial score (nSPS) is 20.2. The summed E-state index contributed by atoms with van der Waals surface area (Å²) in [6.07, 6.45) is 4.06. The van der Waals surface area contributed by atoms with Crippen molar-refractivity contribution < 1.29 is 13.2 Å². The van der Waals surface area contributed by atoms with Crippen molar-refractivity contribution in [3.05, 3.63) is 71.0 Å². The van der Waals surface area contributed by atoms with Gasteiger partial charge in [-0.05, 0) is 41.8 Å². The van der Waals surface area contributed by atoms with Crippen molar-refractivity contribution in [3.8, 4) is 0 Å². The second-order valence-corrected chi connectivity index (χ2v) is 5.82. The lowest BCUT2D eigenvalue weighted by atomic mass is 9.95. The van der Waals surface area contributed by atoms with Crippen molar-refractivity contribution in [3.63, 3.8) is 0 Å². The maximum absolute atomic E-state index is 12.6. The molecule has 0 spiro atoms. The monoisotopic (exact) mass is 347 g/mol. The lowest BCUT2D eigenvalue weighted by Gasteiger charge is -2.28. The average Bonchev–Trinajstić information content (AvgIpc) is 2.97. The summed E-state index contributed by atoms with van der Waals surface area (Å²) in [4.78, 5) is 2.07. The third-order valence-electron chi connectivity index (χ3n) is 4.23. The Morgan fingerprint density at radius 2 is 2.00 bits per heavy atom. The summed E-state index contributed by atoms with van der Waals surface area (Å²) in [5, 5.41) is 6.45. The molecule has 0 aromatic heterocycles. The Labute approximate surface area is 142 Å². The summed E-state index contributed by atoms with van der Waals surface area (Å²) >= 11 is 0. The van der Waals surface area contributed by atoms with E-state index in [-0.39, 0.29) is 11.9 Å². The van der Waals surface area contributed by atoms with E-state index < -0.39 is 11.7 Å². The molecule has 0 radical (unpaired) electrons. The molecule has 1 atom stereocenters. The van der Waals surface area contributed by atoms with E-state index in [9.17, 15) is 13.2 Å². The first-order valence-corrected chi connectivity index (χ1v) is 7.60. The molecule has 0 saturated heterocycles. The number of nitrogens with two attached hydrogens (primary N) is 1. The first-order valence-electron chi connectivity index (χ1n) is 7.60. The molecule has 2 aliphatic rings. The Balaban J connectivity index is 1.70. The van der Waals surface area contributed by atoms with E-state index in [1.165, 1.54) is 12.1 Å². The van der Waals surface area contributed by atoms with Gasteiger partial charge in [-0.3, -0.25) is 0 Å². The maximum atomic E-state index is 12.6. The average molecular weight is 347 g/mol. The van der Waals surface area contributed by atoms with Gasteiger partial charge in [-0.1, -0.05) is 23.4 Å². The molecule has 1 heterocycles. The molecular weight excluding hydrogens is 331 g/mol. The minimum absolute atomic E-state index is 0.117. The van der Waals surface area contributed by atoms with E-state index in [0.717, 1.165) is 28.8 Å². The summed E-state index contributed by atoms with van der Waals surface area (Å²) in [6.45, 7) is 0.519. The molecule has 1 aromatic carbocycles. The lowest BCUT2D eigenvalue weighted by Crippen LogP contribution is -2.29. The molecule has 0 fully saturated rings. The first-order chi connectivity index (χ1) is 11.9. The van der Waals surface area contributed by atoms with Crippen LogP contribution in [0, 0.1) is 5.53 Å². The van der Waals surface area contributed by atoms with Gasteiger partial charge in [0, 0.05) is 18.3 Å². The molecule has 3 N–H and O–H groups in total. The quantitative estimate of drug-likeness (QED) is 0.374. The predicted octanol–water partition coefficient (Wildman–Crippen LogP) is 3.96. The number of hydrogen-bond acceptors (Lipinski definition) is 3. The van der Waals surface area contributed by atoms with Gasteiger partial charge in [0.25, 0.3) is 0 Å². The molecule has 0 bridgehead atoms. The van der Waals surface area contributed by atoms with Crippen molar-refractivity contribution in [2.75, 3.05) is 0 Å². The molecule has 1 aliphatic carbocycles. The Kier molecular flexibility index (Phi) is 4.43. The topological polar surface area (TPSA) is 77.8 Å². The third kappa shape index (κ3) is 3.62. The Morgan fingerprint density at radius 3 is 2.64 bits per heavy atom. The minimum atomic E-state index is -4.32. The summed E-state index contributed by atoms with van der Waals surface area (Å²) in [7, 11) is 0. The van der Waals surface area contributed by atoms with Gasteiger partial charge in [-0.15, -0.1) is 5.10 Å². The number of fused-ring (bicyclic) bond motifs is 1. The number of hydrogen-bond donors (Lipinski definition) is 2. The second kappa shape index (κ2) is 6.54. The molecule has 25 heavy (non-hydrogen) atoms. The molecule has 130 valence electrons. The van der Waals surface area contributed by atoms with Crippen molar-refractivity contribution in [1.29, 1.82) is 5.53 Å². The van der Waals surface area contributed by atoms with E-state index in [2.05, 4.69) is 15.2 Å². The highest BCUT2D eigenvalue weighted by Crippen LogP contribution is 2.32. The number of alkyl halides is 3. The smallest absolute Gasteiger partial charge is 0.382 e. The fourth-order valence-electron chi connectivity index (χ4n) is 2.94. The van der Waals surface area contributed by atoms with E-state index in [1.54, 1.807) is 0 Å². The van der Waals surface area contributed by atoms with Crippen LogP contribution >= 0.6 is 0 Å². The number of benzene rings is 1. The van der Waals surface area contributed by atoms with Gasteiger partial charge in [-0.25, -0.2) is 0 Å². The molecule has 1 aromatic rings. The molecule has 3 rings (SSSR count). The van der Waals surface area contributed by atoms with Crippen LogP contribution in [0.3, 0.4) is 0 Å². The SMILES string of the molecule is N=NN=C(N)C1=CCC2C(=C1)C=CN2Cc1ccc(C(F)(F)F)cc1. The molecule has 8 heteroatoms. The second-order valence-electron chi connectivity index (χ2n) is 5.82. The van der Waals surface area contributed by atoms with E-state index in [0.29, 0.717) is 13.0 Å². The zero-order valence-electron chi connectivity index (χ0n) is 13.2. The molecule has 5 nitrogen and oxygen atoms in total. The summed E-state index contributed by atoms with van der Waals surface area (Å²) in [6, 6.07) is 5.33. The zero-order chi connectivity index (χ0) is 18.0. The molecular formula is C17H16F3N5. The van der Waals surface area contributed by atoms with Crippen LogP contribution < -0.4 is 5.73 Å². The fourth-order valence-corrected chi connectivity index (χ4v) is 2.94. The van der Waals surface area contributed by atoms with Crippen molar-refractivity contribution in [2.45, 2.75) is 25.2 Å². The third-order valence-corrected chi connectivity index (χ3v) is 4.23. The van der Waals surface area contributed by atoms with E-state index in [4.69, 9.17) is 11.3 Å². The van der Waals surface area contributed by atoms with Gasteiger partial charge in [0.1, 0.15) is 0 Å². The van der Waals surface area contributed by atoms with Crippen molar-refractivity contribution in [2.24, 2.45) is 16.1 Å². The van der Waals surface area contributed by atoms with Crippen LogP contribution in [0.1, 0.15) is 17.5 Å². The van der Waals surface area contributed by atoms with Gasteiger partial charge >= 0.3 is 6.18 Å². The lowest BCUT2D eigenvalue weighted by molar-refractivity contribution is -0.137. The standard InChI is InChI=1S/C17H16F3N5/c18-17(19,20)14-4-1-11(2-5-14)10-25-8-7-12-9-13(3-6-15(12)25)16(21)23-24-22/h1-5,7-9,15H,6,10H2,(H3,21,22,23). The fraction of sp³-hybridized carbons (Fsp3) is 0.235. The van der Waals surface area contributed by atoms with Gasteiger partial charge in [0.2, 0.25) is 0 Å². The number of halogens is 3. The summed E-state index contributed by atoms with van der Waals surface area (Å²) < 4.78 is 37.9. The molecule has 1 unspecified atom stereocenters. The maximum Gasteiger partial charge on any atom is 0.416 e. The highest BCUT2D eigenvalue weighted by atomic mass is 19.4. The van der Waals surface area contributed by atoms with Crippen LogP contribution in [-0.2, 0) is 12.7 Å². The van der Waals surface area contributed by atoms with Crippen LogP contribution in [0.15, 0.2) is 70.2 Å². The van der Waals surface area contributed by atoms with Crippen LogP contribution in [0.4, 0.5) is 13.2 Å². The predicted molar refractivity (Wildman–Crippen MR) is 87.5 cm³/mol. The zero-order valence-corrected chi connectivity index (χ0v) is 13.2. The van der Waals surface area contributed by atoms with Gasteiger partial charge in [0.05, 0.1) is 11.6 Å². The number of nitrogens with zero attached hydrogens (tertiary/aromatic N) is 3. The van der Waals surface area contributed by atoms with Gasteiger partial charge < -0.3 is 10.6 Å².